The van der Waals surface area contributed by atoms with E-state index in [1.165, 1.54) is 13.1 Å². The molecule has 0 spiro atoms. The van der Waals surface area contributed by atoms with E-state index in [1.54, 1.807) is 18.2 Å². The monoisotopic (exact) mass is 250 g/mol. The van der Waals surface area contributed by atoms with Crippen LogP contribution in [0, 0.1) is 0 Å². The number of hydrogen-bond donors (Lipinski definition) is 3. The minimum absolute atomic E-state index is 0.0539. The maximum absolute atomic E-state index is 11.7. The highest BCUT2D eigenvalue weighted by Crippen LogP contribution is 2.05. The van der Waals surface area contributed by atoms with Crippen LogP contribution in [-0.2, 0) is 4.79 Å². The van der Waals surface area contributed by atoms with Crippen LogP contribution in [0.3, 0.4) is 0 Å². The molecule has 0 aliphatic rings. The van der Waals surface area contributed by atoms with Crippen LogP contribution in [-0.4, -0.2) is 36.5 Å². The zero-order chi connectivity index (χ0) is 13.5. The first-order chi connectivity index (χ1) is 8.54. The van der Waals surface area contributed by atoms with E-state index in [1.807, 2.05) is 0 Å². The fraction of sp³-hybridized carbons (Fsp3) is 0.250. The number of aliphatic carboxylic acids is 1. The number of carbonyl (C=O) groups is 3. The Morgan fingerprint density at radius 2 is 1.78 bits per heavy atom. The summed E-state index contributed by atoms with van der Waals surface area (Å²) < 4.78 is 0. The van der Waals surface area contributed by atoms with Gasteiger partial charge in [0, 0.05) is 24.7 Å². The number of amides is 2. The fourth-order valence-electron chi connectivity index (χ4n) is 1.33. The van der Waals surface area contributed by atoms with Crippen LogP contribution in [0.15, 0.2) is 24.3 Å². The topological polar surface area (TPSA) is 95.5 Å². The highest BCUT2D eigenvalue weighted by atomic mass is 16.4. The Morgan fingerprint density at radius 1 is 1.17 bits per heavy atom. The summed E-state index contributed by atoms with van der Waals surface area (Å²) in [6.07, 6.45) is -0.138. The van der Waals surface area contributed by atoms with Crippen molar-refractivity contribution in [1.29, 1.82) is 0 Å². The Bertz CT molecular complexity index is 471. The average molecular weight is 250 g/mol. The van der Waals surface area contributed by atoms with Crippen molar-refractivity contribution in [3.63, 3.8) is 0 Å². The van der Waals surface area contributed by atoms with Crippen molar-refractivity contribution in [2.75, 3.05) is 13.6 Å². The first-order valence-corrected chi connectivity index (χ1v) is 5.36. The molecule has 0 bridgehead atoms. The van der Waals surface area contributed by atoms with E-state index in [9.17, 15) is 14.4 Å². The fourth-order valence-corrected chi connectivity index (χ4v) is 1.33. The third-order valence-corrected chi connectivity index (χ3v) is 2.24. The zero-order valence-electron chi connectivity index (χ0n) is 9.90. The van der Waals surface area contributed by atoms with Crippen LogP contribution in [0.4, 0.5) is 0 Å². The minimum atomic E-state index is -0.977. The molecule has 96 valence electrons. The first-order valence-electron chi connectivity index (χ1n) is 5.36. The zero-order valence-corrected chi connectivity index (χ0v) is 9.90. The van der Waals surface area contributed by atoms with Gasteiger partial charge in [0.05, 0.1) is 6.42 Å². The quantitative estimate of drug-likeness (QED) is 0.698. The smallest absolute Gasteiger partial charge is 0.305 e. The molecule has 0 fully saturated rings. The highest BCUT2D eigenvalue weighted by Gasteiger charge is 2.09. The van der Waals surface area contributed by atoms with Crippen molar-refractivity contribution in [2.24, 2.45) is 0 Å². The van der Waals surface area contributed by atoms with Gasteiger partial charge in [-0.05, 0) is 18.2 Å². The van der Waals surface area contributed by atoms with Gasteiger partial charge in [-0.15, -0.1) is 0 Å². The van der Waals surface area contributed by atoms with Crippen LogP contribution in [0.5, 0.6) is 0 Å². The lowest BCUT2D eigenvalue weighted by Crippen LogP contribution is -2.26. The van der Waals surface area contributed by atoms with Crippen LogP contribution >= 0.6 is 0 Å². The van der Waals surface area contributed by atoms with Crippen LogP contribution < -0.4 is 10.6 Å². The van der Waals surface area contributed by atoms with Crippen molar-refractivity contribution in [1.82, 2.24) is 10.6 Å². The lowest BCUT2D eigenvalue weighted by molar-refractivity contribution is -0.136. The molecule has 1 aromatic carbocycles. The normalized spacial score (nSPS) is 9.61. The van der Waals surface area contributed by atoms with Crippen molar-refractivity contribution in [3.8, 4) is 0 Å². The van der Waals surface area contributed by atoms with Gasteiger partial charge in [0.2, 0.25) is 0 Å². The molecule has 2 amide bonds. The second-order valence-electron chi connectivity index (χ2n) is 3.56. The molecule has 0 aliphatic carbocycles. The summed E-state index contributed by atoms with van der Waals surface area (Å²) in [5.74, 6) is -1.66. The number of carboxylic acid groups (broad SMARTS) is 1. The summed E-state index contributed by atoms with van der Waals surface area (Å²) in [6, 6.07) is 6.20. The molecule has 0 saturated heterocycles. The van der Waals surface area contributed by atoms with Gasteiger partial charge in [-0.1, -0.05) is 6.07 Å². The van der Waals surface area contributed by atoms with E-state index in [0.717, 1.165) is 0 Å². The Kier molecular flexibility index (Phi) is 4.86. The van der Waals surface area contributed by atoms with Crippen LogP contribution in [0.1, 0.15) is 27.1 Å². The van der Waals surface area contributed by atoms with Crippen LogP contribution in [0.25, 0.3) is 0 Å². The van der Waals surface area contributed by atoms with Gasteiger partial charge in [0.25, 0.3) is 11.8 Å². The number of benzene rings is 1. The van der Waals surface area contributed by atoms with Crippen molar-refractivity contribution < 1.29 is 19.5 Å². The summed E-state index contributed by atoms with van der Waals surface area (Å²) in [4.78, 5) is 33.3. The summed E-state index contributed by atoms with van der Waals surface area (Å²) in [5, 5.41) is 13.4. The van der Waals surface area contributed by atoms with Crippen molar-refractivity contribution >= 4 is 17.8 Å². The molecule has 0 saturated carbocycles. The molecule has 0 heterocycles. The summed E-state index contributed by atoms with van der Waals surface area (Å²) >= 11 is 0. The van der Waals surface area contributed by atoms with E-state index in [-0.39, 0.29) is 18.9 Å². The van der Waals surface area contributed by atoms with E-state index in [0.29, 0.717) is 11.1 Å². The highest BCUT2D eigenvalue weighted by molar-refractivity contribution is 5.99. The SMILES string of the molecule is CNC(=O)c1cccc(C(=O)NCCC(=O)O)c1. The third kappa shape index (κ3) is 3.89. The van der Waals surface area contributed by atoms with Crippen molar-refractivity contribution in [2.45, 2.75) is 6.42 Å². The molecule has 1 rings (SSSR count). The molecule has 6 heteroatoms. The standard InChI is InChI=1S/C12H14N2O4/c1-13-11(17)8-3-2-4-9(7-8)12(18)14-6-5-10(15)16/h2-4,7H,5-6H2,1H3,(H,13,17)(H,14,18)(H,15,16). The van der Waals surface area contributed by atoms with Gasteiger partial charge in [0.1, 0.15) is 0 Å². The predicted octanol–water partition coefficient (Wildman–Crippen LogP) is 0.251. The van der Waals surface area contributed by atoms with Crippen LogP contribution in [0.2, 0.25) is 0 Å². The Morgan fingerprint density at radius 3 is 2.33 bits per heavy atom. The lowest BCUT2D eigenvalue weighted by atomic mass is 10.1. The number of rotatable bonds is 5. The maximum Gasteiger partial charge on any atom is 0.305 e. The van der Waals surface area contributed by atoms with Gasteiger partial charge in [-0.2, -0.15) is 0 Å². The predicted molar refractivity (Wildman–Crippen MR) is 64.4 cm³/mol. The molecule has 1 aromatic rings. The molecule has 0 atom stereocenters. The Labute approximate surface area is 104 Å². The molecular formula is C12H14N2O4. The summed E-state index contributed by atoms with van der Waals surface area (Å²) in [6.45, 7) is 0.0539. The van der Waals surface area contributed by atoms with Crippen molar-refractivity contribution in [3.05, 3.63) is 35.4 Å². The largest absolute Gasteiger partial charge is 0.481 e. The Balaban J connectivity index is 2.68. The first kappa shape index (κ1) is 13.7. The lowest BCUT2D eigenvalue weighted by Gasteiger charge is -2.05. The number of carbonyl (C=O) groups excluding carboxylic acids is 2. The van der Waals surface area contributed by atoms with E-state index in [2.05, 4.69) is 10.6 Å². The van der Waals surface area contributed by atoms with Gasteiger partial charge >= 0.3 is 5.97 Å². The summed E-state index contributed by atoms with van der Waals surface area (Å²) in [7, 11) is 1.50. The molecule has 6 nitrogen and oxygen atoms in total. The maximum atomic E-state index is 11.7. The molecule has 0 aliphatic heterocycles. The van der Waals surface area contributed by atoms with E-state index in [4.69, 9.17) is 5.11 Å². The number of hydrogen-bond acceptors (Lipinski definition) is 3. The molecular weight excluding hydrogens is 236 g/mol. The second-order valence-corrected chi connectivity index (χ2v) is 3.56. The van der Waals surface area contributed by atoms with E-state index >= 15 is 0 Å². The molecule has 18 heavy (non-hydrogen) atoms. The second kappa shape index (κ2) is 6.39. The number of nitrogens with one attached hydrogen (secondary N) is 2. The van der Waals surface area contributed by atoms with Gasteiger partial charge < -0.3 is 15.7 Å². The summed E-state index contributed by atoms with van der Waals surface area (Å²) in [5.41, 5.74) is 0.699. The van der Waals surface area contributed by atoms with Gasteiger partial charge in [-0.3, -0.25) is 14.4 Å². The molecule has 0 unspecified atom stereocenters. The van der Waals surface area contributed by atoms with E-state index < -0.39 is 11.9 Å². The third-order valence-electron chi connectivity index (χ3n) is 2.24. The number of carboxylic acids is 1. The molecule has 0 radical (unpaired) electrons. The molecule has 3 N–H and O–H groups in total. The van der Waals surface area contributed by atoms with Gasteiger partial charge in [-0.25, -0.2) is 0 Å². The molecule has 0 aromatic heterocycles. The average Bonchev–Trinajstić information content (AvgIpc) is 2.37. The van der Waals surface area contributed by atoms with Gasteiger partial charge in [0.15, 0.2) is 0 Å². The Hall–Kier alpha value is -2.37. The minimum Gasteiger partial charge on any atom is -0.481 e.